The molecule has 1 aromatic heterocycles. The largest absolute Gasteiger partial charge is 0.349 e. The number of nitrogens with one attached hydrogen (secondary N) is 1. The zero-order chi connectivity index (χ0) is 18.6. The standard InChI is InChI=1S/C19H22N4OS/c1-11-6-7-16(8-12(11)2)13(3)22-18(24)10-25-19-17(9-20)14(4)21-15(5)23-19/h6-8,13H,10H2,1-5H3,(H,22,24). The lowest BCUT2D eigenvalue weighted by Gasteiger charge is -2.16. The van der Waals surface area contributed by atoms with E-state index in [0.717, 1.165) is 5.56 Å². The van der Waals surface area contributed by atoms with Gasteiger partial charge in [0.2, 0.25) is 5.91 Å². The molecule has 1 atom stereocenters. The number of carbonyl (C=O) groups excluding carboxylic acids is 1. The molecule has 1 aromatic carbocycles. The molecule has 2 rings (SSSR count). The van der Waals surface area contributed by atoms with Crippen molar-refractivity contribution >= 4 is 17.7 Å². The Kier molecular flexibility index (Phi) is 6.16. The van der Waals surface area contributed by atoms with E-state index in [1.54, 1.807) is 13.8 Å². The second-order valence-corrected chi connectivity index (χ2v) is 7.03. The van der Waals surface area contributed by atoms with Gasteiger partial charge in [-0.2, -0.15) is 5.26 Å². The second kappa shape index (κ2) is 8.13. The van der Waals surface area contributed by atoms with Crippen LogP contribution in [0.4, 0.5) is 0 Å². The number of thioether (sulfide) groups is 1. The van der Waals surface area contributed by atoms with E-state index in [9.17, 15) is 10.1 Å². The van der Waals surface area contributed by atoms with Crippen molar-refractivity contribution in [2.75, 3.05) is 5.75 Å². The maximum absolute atomic E-state index is 12.3. The normalized spacial score (nSPS) is 11.7. The number of nitriles is 1. The van der Waals surface area contributed by atoms with E-state index in [0.29, 0.717) is 22.1 Å². The van der Waals surface area contributed by atoms with Crippen LogP contribution in [0.5, 0.6) is 0 Å². The number of aryl methyl sites for hydroxylation is 4. The predicted octanol–water partition coefficient (Wildman–Crippen LogP) is 3.55. The molecule has 0 radical (unpaired) electrons. The van der Waals surface area contributed by atoms with E-state index < -0.39 is 0 Å². The number of benzene rings is 1. The highest BCUT2D eigenvalue weighted by molar-refractivity contribution is 8.00. The fourth-order valence-corrected chi connectivity index (χ4v) is 3.33. The zero-order valence-corrected chi connectivity index (χ0v) is 16.0. The fraction of sp³-hybridized carbons (Fsp3) is 0.368. The molecular weight excluding hydrogens is 332 g/mol. The Hall–Kier alpha value is -2.39. The Morgan fingerprint density at radius 2 is 1.96 bits per heavy atom. The summed E-state index contributed by atoms with van der Waals surface area (Å²) in [6, 6.07) is 8.23. The molecule has 1 heterocycles. The lowest BCUT2D eigenvalue weighted by atomic mass is 10.0. The van der Waals surface area contributed by atoms with Crippen LogP contribution >= 0.6 is 11.8 Å². The highest BCUT2D eigenvalue weighted by Crippen LogP contribution is 2.22. The minimum absolute atomic E-state index is 0.0725. The molecule has 1 unspecified atom stereocenters. The van der Waals surface area contributed by atoms with E-state index in [2.05, 4.69) is 47.3 Å². The molecule has 0 aliphatic carbocycles. The first-order valence-electron chi connectivity index (χ1n) is 8.06. The van der Waals surface area contributed by atoms with Gasteiger partial charge in [-0.3, -0.25) is 4.79 Å². The summed E-state index contributed by atoms with van der Waals surface area (Å²) < 4.78 is 0. The molecule has 0 bridgehead atoms. The molecule has 0 aliphatic rings. The van der Waals surface area contributed by atoms with Crippen LogP contribution in [-0.4, -0.2) is 21.6 Å². The Balaban J connectivity index is 2.01. The Labute approximate surface area is 152 Å². The van der Waals surface area contributed by atoms with Gasteiger partial charge < -0.3 is 5.32 Å². The zero-order valence-electron chi connectivity index (χ0n) is 15.2. The van der Waals surface area contributed by atoms with Crippen LogP contribution in [0.3, 0.4) is 0 Å². The van der Waals surface area contributed by atoms with Crippen LogP contribution in [-0.2, 0) is 4.79 Å². The number of hydrogen-bond donors (Lipinski definition) is 1. The van der Waals surface area contributed by atoms with Gasteiger partial charge in [0.05, 0.1) is 17.5 Å². The van der Waals surface area contributed by atoms with Crippen molar-refractivity contribution in [2.24, 2.45) is 0 Å². The van der Waals surface area contributed by atoms with Crippen molar-refractivity contribution in [3.63, 3.8) is 0 Å². The third kappa shape index (κ3) is 4.80. The molecule has 25 heavy (non-hydrogen) atoms. The molecule has 130 valence electrons. The molecular formula is C19H22N4OS. The van der Waals surface area contributed by atoms with Crippen molar-refractivity contribution in [3.05, 3.63) is 52.0 Å². The first kappa shape index (κ1) is 18.9. The van der Waals surface area contributed by atoms with Crippen LogP contribution in [0, 0.1) is 39.0 Å². The van der Waals surface area contributed by atoms with Gasteiger partial charge in [0, 0.05) is 0 Å². The molecule has 6 heteroatoms. The van der Waals surface area contributed by atoms with Gasteiger partial charge >= 0.3 is 0 Å². The average Bonchev–Trinajstić information content (AvgIpc) is 2.55. The number of rotatable bonds is 5. The SMILES string of the molecule is Cc1nc(C)c(C#N)c(SCC(=O)NC(C)c2ccc(C)c(C)c2)n1. The number of aromatic nitrogens is 2. The molecule has 5 nitrogen and oxygen atoms in total. The van der Waals surface area contributed by atoms with E-state index >= 15 is 0 Å². The molecule has 0 saturated carbocycles. The molecule has 1 N–H and O–H groups in total. The van der Waals surface area contributed by atoms with E-state index in [1.807, 2.05) is 13.0 Å². The fourth-order valence-electron chi connectivity index (χ4n) is 2.45. The molecule has 0 aliphatic heterocycles. The van der Waals surface area contributed by atoms with Crippen LogP contribution in [0.1, 0.15) is 46.7 Å². The Morgan fingerprint density at radius 3 is 2.60 bits per heavy atom. The summed E-state index contributed by atoms with van der Waals surface area (Å²) in [5, 5.41) is 12.8. The average molecular weight is 354 g/mol. The third-order valence-electron chi connectivity index (χ3n) is 4.03. The molecule has 2 aromatic rings. The van der Waals surface area contributed by atoms with E-state index in [-0.39, 0.29) is 17.7 Å². The summed E-state index contributed by atoms with van der Waals surface area (Å²) in [6.45, 7) is 9.65. The van der Waals surface area contributed by atoms with Crippen LogP contribution < -0.4 is 5.32 Å². The summed E-state index contributed by atoms with van der Waals surface area (Å²) >= 11 is 1.27. The van der Waals surface area contributed by atoms with Gasteiger partial charge in [0.15, 0.2) is 0 Å². The van der Waals surface area contributed by atoms with E-state index in [4.69, 9.17) is 0 Å². The lowest BCUT2D eigenvalue weighted by Crippen LogP contribution is -2.28. The summed E-state index contributed by atoms with van der Waals surface area (Å²) in [5.41, 5.74) is 4.59. The number of carbonyl (C=O) groups is 1. The highest BCUT2D eigenvalue weighted by atomic mass is 32.2. The van der Waals surface area contributed by atoms with E-state index in [1.165, 1.54) is 22.9 Å². The Morgan fingerprint density at radius 1 is 1.24 bits per heavy atom. The van der Waals surface area contributed by atoms with Crippen molar-refractivity contribution in [3.8, 4) is 6.07 Å². The maximum atomic E-state index is 12.3. The van der Waals surface area contributed by atoms with Crippen molar-refractivity contribution in [2.45, 2.75) is 45.7 Å². The number of hydrogen-bond acceptors (Lipinski definition) is 5. The first-order chi connectivity index (χ1) is 11.8. The Bertz CT molecular complexity index is 842. The van der Waals surface area contributed by atoms with Crippen molar-refractivity contribution in [1.29, 1.82) is 5.26 Å². The smallest absolute Gasteiger partial charge is 0.230 e. The highest BCUT2D eigenvalue weighted by Gasteiger charge is 2.14. The molecule has 1 amide bonds. The topological polar surface area (TPSA) is 78.7 Å². The van der Waals surface area contributed by atoms with Crippen molar-refractivity contribution < 1.29 is 4.79 Å². The van der Waals surface area contributed by atoms with Gasteiger partial charge in [0.25, 0.3) is 0 Å². The lowest BCUT2D eigenvalue weighted by molar-refractivity contribution is -0.119. The number of nitrogens with zero attached hydrogens (tertiary/aromatic N) is 3. The molecule has 0 saturated heterocycles. The first-order valence-corrected chi connectivity index (χ1v) is 9.05. The van der Waals surface area contributed by atoms with Crippen LogP contribution in [0.25, 0.3) is 0 Å². The van der Waals surface area contributed by atoms with Crippen LogP contribution in [0.2, 0.25) is 0 Å². The maximum Gasteiger partial charge on any atom is 0.230 e. The quantitative estimate of drug-likeness (QED) is 0.656. The summed E-state index contributed by atoms with van der Waals surface area (Å²) in [7, 11) is 0. The molecule has 0 fully saturated rings. The second-order valence-electron chi connectivity index (χ2n) is 6.07. The number of amides is 1. The summed E-state index contributed by atoms with van der Waals surface area (Å²) in [4.78, 5) is 20.7. The van der Waals surface area contributed by atoms with Crippen molar-refractivity contribution in [1.82, 2.24) is 15.3 Å². The van der Waals surface area contributed by atoms with Crippen LogP contribution in [0.15, 0.2) is 23.2 Å². The van der Waals surface area contributed by atoms with Gasteiger partial charge in [-0.15, -0.1) is 0 Å². The minimum Gasteiger partial charge on any atom is -0.349 e. The summed E-state index contributed by atoms with van der Waals surface area (Å²) in [5.74, 6) is 0.719. The van der Waals surface area contributed by atoms with Gasteiger partial charge in [-0.1, -0.05) is 30.0 Å². The molecule has 0 spiro atoms. The summed E-state index contributed by atoms with van der Waals surface area (Å²) in [6.07, 6.45) is 0. The van der Waals surface area contributed by atoms with Gasteiger partial charge in [0.1, 0.15) is 22.5 Å². The third-order valence-corrected chi connectivity index (χ3v) is 5.00. The van der Waals surface area contributed by atoms with Gasteiger partial charge in [-0.25, -0.2) is 9.97 Å². The monoisotopic (exact) mass is 354 g/mol. The predicted molar refractivity (Wildman–Crippen MR) is 99.4 cm³/mol. The van der Waals surface area contributed by atoms with Gasteiger partial charge in [-0.05, 0) is 51.3 Å². The minimum atomic E-state index is -0.0893.